The first-order valence-corrected chi connectivity index (χ1v) is 6.27. The summed E-state index contributed by atoms with van der Waals surface area (Å²) < 4.78 is 4.92. The quantitative estimate of drug-likeness (QED) is 0.667. The van der Waals surface area contributed by atoms with Gasteiger partial charge in [0.1, 0.15) is 5.75 Å². The van der Waals surface area contributed by atoms with Gasteiger partial charge in [-0.3, -0.25) is 10.1 Å². The standard InChI is InChI=1S/C12H11N3O3S/c1-8(16)18-10-4-2-3-9(7-10)14-11(17)15-12-13-5-6-19-12/h2-7H,1H3,(H2,13,14,15,17). The first kappa shape index (κ1) is 13.0. The van der Waals surface area contributed by atoms with Crippen molar-refractivity contribution in [3.63, 3.8) is 0 Å². The van der Waals surface area contributed by atoms with Crippen LogP contribution in [-0.4, -0.2) is 17.0 Å². The molecule has 0 bridgehead atoms. The molecule has 0 unspecified atom stereocenters. The summed E-state index contributed by atoms with van der Waals surface area (Å²) in [5.74, 6) is -0.0380. The number of anilines is 2. The van der Waals surface area contributed by atoms with E-state index in [0.29, 0.717) is 16.6 Å². The Hall–Kier alpha value is -2.41. The molecule has 0 aliphatic heterocycles. The number of hydrogen-bond donors (Lipinski definition) is 2. The molecule has 0 aliphatic carbocycles. The zero-order valence-corrected chi connectivity index (χ0v) is 10.9. The SMILES string of the molecule is CC(=O)Oc1cccc(NC(=O)Nc2nccs2)c1. The molecule has 0 saturated carbocycles. The highest BCUT2D eigenvalue weighted by Gasteiger charge is 2.05. The van der Waals surface area contributed by atoms with Gasteiger partial charge in [-0.05, 0) is 12.1 Å². The Balaban J connectivity index is 1.98. The van der Waals surface area contributed by atoms with Gasteiger partial charge in [-0.15, -0.1) is 11.3 Å². The van der Waals surface area contributed by atoms with Crippen molar-refractivity contribution < 1.29 is 14.3 Å². The zero-order chi connectivity index (χ0) is 13.7. The number of thiazole rings is 1. The number of hydrogen-bond acceptors (Lipinski definition) is 5. The Morgan fingerprint density at radius 1 is 1.32 bits per heavy atom. The van der Waals surface area contributed by atoms with Crippen LogP contribution in [0.15, 0.2) is 35.8 Å². The van der Waals surface area contributed by atoms with Gasteiger partial charge >= 0.3 is 12.0 Å². The molecule has 0 atom stereocenters. The predicted octanol–water partition coefficient (Wildman–Crippen LogP) is 2.71. The van der Waals surface area contributed by atoms with Gasteiger partial charge in [-0.25, -0.2) is 9.78 Å². The predicted molar refractivity (Wildman–Crippen MR) is 72.5 cm³/mol. The number of ether oxygens (including phenoxy) is 1. The third-order valence-corrected chi connectivity index (χ3v) is 2.69. The maximum Gasteiger partial charge on any atom is 0.325 e. The van der Waals surface area contributed by atoms with Crippen LogP contribution in [0.25, 0.3) is 0 Å². The number of aromatic nitrogens is 1. The Bertz CT molecular complexity index is 584. The van der Waals surface area contributed by atoms with E-state index < -0.39 is 12.0 Å². The molecule has 1 heterocycles. The molecule has 7 heteroatoms. The van der Waals surface area contributed by atoms with E-state index in [2.05, 4.69) is 15.6 Å². The Morgan fingerprint density at radius 2 is 2.16 bits per heavy atom. The second kappa shape index (κ2) is 5.96. The first-order chi connectivity index (χ1) is 9.13. The Morgan fingerprint density at radius 3 is 2.84 bits per heavy atom. The number of carbonyl (C=O) groups excluding carboxylic acids is 2. The van der Waals surface area contributed by atoms with Crippen molar-refractivity contribution in [2.24, 2.45) is 0 Å². The topological polar surface area (TPSA) is 80.3 Å². The molecular formula is C12H11N3O3S. The van der Waals surface area contributed by atoms with E-state index in [1.165, 1.54) is 18.3 Å². The second-order valence-corrected chi connectivity index (χ2v) is 4.43. The Labute approximate surface area is 113 Å². The number of carbonyl (C=O) groups is 2. The number of nitrogens with one attached hydrogen (secondary N) is 2. The Kier molecular flexibility index (Phi) is 4.09. The average molecular weight is 277 g/mol. The summed E-state index contributed by atoms with van der Waals surface area (Å²) in [7, 11) is 0. The van der Waals surface area contributed by atoms with Crippen molar-refractivity contribution in [2.45, 2.75) is 6.92 Å². The van der Waals surface area contributed by atoms with Crippen LogP contribution < -0.4 is 15.4 Å². The van der Waals surface area contributed by atoms with E-state index in [0.717, 1.165) is 0 Å². The second-order valence-electron chi connectivity index (χ2n) is 3.54. The monoisotopic (exact) mass is 277 g/mol. The normalized spacial score (nSPS) is 9.74. The number of nitrogens with zero attached hydrogens (tertiary/aromatic N) is 1. The fourth-order valence-electron chi connectivity index (χ4n) is 1.35. The molecule has 98 valence electrons. The lowest BCUT2D eigenvalue weighted by Crippen LogP contribution is -2.19. The summed E-state index contributed by atoms with van der Waals surface area (Å²) in [6.45, 7) is 1.31. The number of amides is 2. The first-order valence-electron chi connectivity index (χ1n) is 5.39. The number of benzene rings is 1. The van der Waals surface area contributed by atoms with Crippen molar-refractivity contribution >= 4 is 34.2 Å². The number of esters is 1. The van der Waals surface area contributed by atoms with Gasteiger partial charge in [-0.1, -0.05) is 6.07 Å². The fraction of sp³-hybridized carbons (Fsp3) is 0.0833. The van der Waals surface area contributed by atoms with Crippen molar-refractivity contribution in [3.05, 3.63) is 35.8 Å². The van der Waals surface area contributed by atoms with Crippen molar-refractivity contribution in [1.82, 2.24) is 4.98 Å². The van der Waals surface area contributed by atoms with E-state index in [-0.39, 0.29) is 0 Å². The minimum absolute atomic E-state index is 0.375. The van der Waals surface area contributed by atoms with Crippen LogP contribution in [0.1, 0.15) is 6.92 Å². The largest absolute Gasteiger partial charge is 0.427 e. The summed E-state index contributed by atoms with van der Waals surface area (Å²) >= 11 is 1.32. The summed E-state index contributed by atoms with van der Waals surface area (Å²) in [5, 5.41) is 7.47. The van der Waals surface area contributed by atoms with Crippen molar-refractivity contribution in [3.8, 4) is 5.75 Å². The van der Waals surface area contributed by atoms with Crippen LogP contribution in [0.3, 0.4) is 0 Å². The van der Waals surface area contributed by atoms with Crippen LogP contribution in [0.2, 0.25) is 0 Å². The van der Waals surface area contributed by atoms with E-state index >= 15 is 0 Å². The lowest BCUT2D eigenvalue weighted by atomic mass is 10.3. The molecule has 19 heavy (non-hydrogen) atoms. The van der Waals surface area contributed by atoms with Crippen LogP contribution in [0, 0.1) is 0 Å². The van der Waals surface area contributed by atoms with Gasteiger partial charge in [0.2, 0.25) is 0 Å². The highest BCUT2D eigenvalue weighted by atomic mass is 32.1. The van der Waals surface area contributed by atoms with E-state index in [1.54, 1.807) is 35.8 Å². The summed E-state index contributed by atoms with van der Waals surface area (Å²) in [6, 6.07) is 6.15. The summed E-state index contributed by atoms with van der Waals surface area (Å²) in [5.41, 5.74) is 0.521. The van der Waals surface area contributed by atoms with Gasteiger partial charge in [0.25, 0.3) is 0 Å². The highest BCUT2D eigenvalue weighted by Crippen LogP contribution is 2.18. The molecule has 6 nitrogen and oxygen atoms in total. The minimum Gasteiger partial charge on any atom is -0.427 e. The molecule has 2 aromatic rings. The van der Waals surface area contributed by atoms with E-state index in [1.807, 2.05) is 0 Å². The average Bonchev–Trinajstić information content (AvgIpc) is 2.81. The molecule has 1 aromatic heterocycles. The van der Waals surface area contributed by atoms with Crippen LogP contribution in [0.4, 0.5) is 15.6 Å². The maximum atomic E-state index is 11.7. The zero-order valence-electron chi connectivity index (χ0n) is 10.0. The molecule has 2 amide bonds. The van der Waals surface area contributed by atoms with E-state index in [9.17, 15) is 9.59 Å². The van der Waals surface area contributed by atoms with E-state index in [4.69, 9.17) is 4.74 Å². The molecule has 0 spiro atoms. The summed E-state index contributed by atoms with van der Waals surface area (Å²) in [6.07, 6.45) is 1.60. The molecule has 0 aliphatic rings. The van der Waals surface area contributed by atoms with Gasteiger partial charge in [0.05, 0.1) is 0 Å². The van der Waals surface area contributed by atoms with Crippen molar-refractivity contribution in [1.29, 1.82) is 0 Å². The van der Waals surface area contributed by atoms with Gasteiger partial charge in [-0.2, -0.15) is 0 Å². The lowest BCUT2D eigenvalue weighted by molar-refractivity contribution is -0.131. The third kappa shape index (κ3) is 4.07. The molecule has 0 radical (unpaired) electrons. The minimum atomic E-state index is -0.413. The van der Waals surface area contributed by atoms with Crippen LogP contribution in [0.5, 0.6) is 5.75 Å². The molecule has 2 rings (SSSR count). The smallest absolute Gasteiger partial charge is 0.325 e. The molecule has 1 aromatic carbocycles. The van der Waals surface area contributed by atoms with Crippen LogP contribution >= 0.6 is 11.3 Å². The number of rotatable bonds is 3. The highest BCUT2D eigenvalue weighted by molar-refractivity contribution is 7.13. The van der Waals surface area contributed by atoms with Gasteiger partial charge < -0.3 is 10.1 Å². The number of urea groups is 1. The summed E-state index contributed by atoms with van der Waals surface area (Å²) in [4.78, 5) is 26.4. The lowest BCUT2D eigenvalue weighted by Gasteiger charge is -2.07. The molecule has 0 saturated heterocycles. The van der Waals surface area contributed by atoms with Gasteiger partial charge in [0.15, 0.2) is 5.13 Å². The van der Waals surface area contributed by atoms with Crippen molar-refractivity contribution in [2.75, 3.05) is 10.6 Å². The fourth-order valence-corrected chi connectivity index (χ4v) is 1.87. The third-order valence-electron chi connectivity index (χ3n) is 2.01. The molecule has 0 fully saturated rings. The molecule has 2 N–H and O–H groups in total. The maximum absolute atomic E-state index is 11.7. The van der Waals surface area contributed by atoms with Crippen LogP contribution in [-0.2, 0) is 4.79 Å². The molecular weight excluding hydrogens is 266 g/mol. The van der Waals surface area contributed by atoms with Gasteiger partial charge in [0, 0.05) is 30.3 Å².